The van der Waals surface area contributed by atoms with Crippen LogP contribution < -0.4 is 10.2 Å². The molecule has 0 radical (unpaired) electrons. The number of hydrogen-bond acceptors (Lipinski definition) is 6. The Morgan fingerprint density at radius 2 is 1.90 bits per heavy atom. The summed E-state index contributed by atoms with van der Waals surface area (Å²) in [7, 11) is 1.93. The Morgan fingerprint density at radius 1 is 1.13 bits per heavy atom. The lowest BCUT2D eigenvalue weighted by molar-refractivity contribution is 0.122. The lowest BCUT2D eigenvalue weighted by atomic mass is 10.1. The van der Waals surface area contributed by atoms with E-state index < -0.39 is 0 Å². The van der Waals surface area contributed by atoms with Gasteiger partial charge in [-0.2, -0.15) is 9.61 Å². The Morgan fingerprint density at radius 3 is 2.61 bits per heavy atom. The van der Waals surface area contributed by atoms with Gasteiger partial charge in [-0.1, -0.05) is 12.1 Å². The van der Waals surface area contributed by atoms with E-state index in [0.29, 0.717) is 25.5 Å². The molecular formula is C22H24FN7O. The van der Waals surface area contributed by atoms with Crippen molar-refractivity contribution in [2.75, 3.05) is 36.5 Å². The first-order chi connectivity index (χ1) is 15.1. The number of morpholine rings is 1. The smallest absolute Gasteiger partial charge is 0.163 e. The summed E-state index contributed by atoms with van der Waals surface area (Å²) in [6, 6.07) is 8.57. The highest BCUT2D eigenvalue weighted by atomic mass is 19.1. The van der Waals surface area contributed by atoms with E-state index in [1.807, 2.05) is 35.3 Å². The van der Waals surface area contributed by atoms with Crippen LogP contribution >= 0.6 is 0 Å². The van der Waals surface area contributed by atoms with Gasteiger partial charge in [0.25, 0.3) is 0 Å². The molecule has 0 bridgehead atoms. The standard InChI is InChI=1S/C22H24FN7O/c1-15-18(11-16-3-5-17(23)6-4-16)22-26-19(25-20-13-28(2)14-24-20)12-21(30(22)27-15)29-7-9-31-10-8-29/h3-6,12-14H,7-11H2,1-2H3,(H,25,26). The van der Waals surface area contributed by atoms with Gasteiger partial charge < -0.3 is 19.5 Å². The Labute approximate surface area is 179 Å². The topological polar surface area (TPSA) is 72.5 Å². The average Bonchev–Trinajstić information content (AvgIpc) is 3.32. The van der Waals surface area contributed by atoms with E-state index >= 15 is 0 Å². The minimum absolute atomic E-state index is 0.241. The molecule has 1 N–H and O–H groups in total. The maximum atomic E-state index is 13.4. The molecule has 1 aliphatic rings. The number of ether oxygens (including phenoxy) is 1. The van der Waals surface area contributed by atoms with E-state index in [0.717, 1.165) is 47.2 Å². The number of anilines is 3. The molecule has 160 valence electrons. The van der Waals surface area contributed by atoms with Gasteiger partial charge in [0.1, 0.15) is 23.3 Å². The van der Waals surface area contributed by atoms with E-state index in [1.54, 1.807) is 18.5 Å². The number of nitrogens with one attached hydrogen (secondary N) is 1. The molecule has 5 rings (SSSR count). The molecule has 1 fully saturated rings. The summed E-state index contributed by atoms with van der Waals surface area (Å²) in [5.74, 6) is 2.15. The maximum Gasteiger partial charge on any atom is 0.163 e. The Bertz CT molecular complexity index is 1210. The Kier molecular flexibility index (Phi) is 5.03. The third kappa shape index (κ3) is 3.96. The molecule has 31 heavy (non-hydrogen) atoms. The maximum absolute atomic E-state index is 13.4. The number of halogens is 1. The number of rotatable bonds is 5. The molecule has 0 amide bonds. The Hall–Kier alpha value is -3.46. The van der Waals surface area contributed by atoms with Gasteiger partial charge in [-0.3, -0.25) is 0 Å². The van der Waals surface area contributed by atoms with Crippen LogP contribution in [0.2, 0.25) is 0 Å². The molecule has 0 aliphatic carbocycles. The van der Waals surface area contributed by atoms with Gasteiger partial charge in [0.15, 0.2) is 5.65 Å². The zero-order valence-electron chi connectivity index (χ0n) is 17.5. The second-order valence-electron chi connectivity index (χ2n) is 7.75. The summed E-state index contributed by atoms with van der Waals surface area (Å²) in [6.45, 7) is 4.91. The second kappa shape index (κ2) is 7.99. The van der Waals surface area contributed by atoms with Crippen molar-refractivity contribution in [1.82, 2.24) is 24.1 Å². The predicted octanol–water partition coefficient (Wildman–Crippen LogP) is 3.08. The summed E-state index contributed by atoms with van der Waals surface area (Å²) in [5, 5.41) is 8.12. The summed E-state index contributed by atoms with van der Waals surface area (Å²) in [5.41, 5.74) is 3.72. The zero-order valence-corrected chi connectivity index (χ0v) is 17.5. The van der Waals surface area contributed by atoms with E-state index in [-0.39, 0.29) is 5.82 Å². The highest BCUT2D eigenvalue weighted by molar-refractivity contribution is 5.66. The SMILES string of the molecule is Cc1nn2c(N3CCOCC3)cc(Nc3cn(C)cn3)nc2c1Cc1ccc(F)cc1. The van der Waals surface area contributed by atoms with Gasteiger partial charge >= 0.3 is 0 Å². The average molecular weight is 421 g/mol. The van der Waals surface area contributed by atoms with Gasteiger partial charge in [-0.15, -0.1) is 0 Å². The molecule has 0 saturated carbocycles. The van der Waals surface area contributed by atoms with Crippen LogP contribution in [0.25, 0.3) is 5.65 Å². The summed E-state index contributed by atoms with van der Waals surface area (Å²) >= 11 is 0. The van der Waals surface area contributed by atoms with Crippen molar-refractivity contribution >= 4 is 23.1 Å². The molecule has 1 saturated heterocycles. The largest absolute Gasteiger partial charge is 0.378 e. The van der Waals surface area contributed by atoms with E-state index in [2.05, 4.69) is 15.2 Å². The third-order valence-corrected chi connectivity index (χ3v) is 5.46. The number of benzene rings is 1. The highest BCUT2D eigenvalue weighted by Crippen LogP contribution is 2.27. The quantitative estimate of drug-likeness (QED) is 0.534. The molecule has 1 aliphatic heterocycles. The predicted molar refractivity (Wildman–Crippen MR) is 116 cm³/mol. The Balaban J connectivity index is 1.60. The number of aryl methyl sites for hydroxylation is 2. The van der Waals surface area contributed by atoms with Gasteiger partial charge in [0.05, 0.1) is 25.2 Å². The van der Waals surface area contributed by atoms with E-state index in [4.69, 9.17) is 14.8 Å². The summed E-state index contributed by atoms with van der Waals surface area (Å²) < 4.78 is 22.7. The third-order valence-electron chi connectivity index (χ3n) is 5.46. The first-order valence-corrected chi connectivity index (χ1v) is 10.3. The molecule has 0 spiro atoms. The number of fused-ring (bicyclic) bond motifs is 1. The summed E-state index contributed by atoms with van der Waals surface area (Å²) in [4.78, 5) is 11.5. The van der Waals surface area contributed by atoms with Crippen LogP contribution in [0.4, 0.5) is 21.8 Å². The molecule has 1 aromatic carbocycles. The fraction of sp³-hybridized carbons (Fsp3) is 0.318. The number of aromatic nitrogens is 5. The monoisotopic (exact) mass is 421 g/mol. The minimum Gasteiger partial charge on any atom is -0.378 e. The van der Waals surface area contributed by atoms with Crippen LogP contribution in [0.1, 0.15) is 16.8 Å². The fourth-order valence-electron chi connectivity index (χ4n) is 3.86. The molecule has 0 unspecified atom stereocenters. The molecule has 9 heteroatoms. The van der Waals surface area contributed by atoms with Gasteiger partial charge in [0, 0.05) is 44.4 Å². The van der Waals surface area contributed by atoms with Crippen molar-refractivity contribution in [2.24, 2.45) is 7.05 Å². The lowest BCUT2D eigenvalue weighted by Gasteiger charge is -2.29. The number of hydrogen-bond donors (Lipinski definition) is 1. The van der Waals surface area contributed by atoms with Crippen LogP contribution in [0.15, 0.2) is 42.9 Å². The van der Waals surface area contributed by atoms with Crippen molar-refractivity contribution in [1.29, 1.82) is 0 Å². The van der Waals surface area contributed by atoms with Crippen LogP contribution in [0.5, 0.6) is 0 Å². The van der Waals surface area contributed by atoms with E-state index in [1.165, 1.54) is 12.1 Å². The normalized spacial score (nSPS) is 14.4. The van der Waals surface area contributed by atoms with Crippen molar-refractivity contribution < 1.29 is 9.13 Å². The first kappa shape index (κ1) is 19.5. The lowest BCUT2D eigenvalue weighted by Crippen LogP contribution is -2.37. The summed E-state index contributed by atoms with van der Waals surface area (Å²) in [6.07, 6.45) is 4.27. The molecule has 4 heterocycles. The van der Waals surface area contributed by atoms with Crippen molar-refractivity contribution in [3.63, 3.8) is 0 Å². The van der Waals surface area contributed by atoms with Crippen molar-refractivity contribution in [3.8, 4) is 0 Å². The van der Waals surface area contributed by atoms with Crippen LogP contribution in [0.3, 0.4) is 0 Å². The molecule has 4 aromatic rings. The molecule has 8 nitrogen and oxygen atoms in total. The fourth-order valence-corrected chi connectivity index (χ4v) is 3.86. The van der Waals surface area contributed by atoms with Gasteiger partial charge in [-0.25, -0.2) is 14.4 Å². The van der Waals surface area contributed by atoms with Crippen LogP contribution in [-0.2, 0) is 18.2 Å². The van der Waals surface area contributed by atoms with Crippen molar-refractivity contribution in [3.05, 3.63) is 65.5 Å². The van der Waals surface area contributed by atoms with Crippen LogP contribution in [0, 0.1) is 12.7 Å². The van der Waals surface area contributed by atoms with Crippen LogP contribution in [-0.4, -0.2) is 50.5 Å². The van der Waals surface area contributed by atoms with E-state index in [9.17, 15) is 4.39 Å². The number of imidazole rings is 1. The molecule has 3 aromatic heterocycles. The molecular weight excluding hydrogens is 397 g/mol. The second-order valence-corrected chi connectivity index (χ2v) is 7.75. The molecule has 0 atom stereocenters. The first-order valence-electron chi connectivity index (χ1n) is 10.3. The van der Waals surface area contributed by atoms with Gasteiger partial charge in [0.2, 0.25) is 0 Å². The number of nitrogens with zero attached hydrogens (tertiary/aromatic N) is 6. The van der Waals surface area contributed by atoms with Crippen molar-refractivity contribution in [2.45, 2.75) is 13.3 Å². The minimum atomic E-state index is -0.241. The van der Waals surface area contributed by atoms with Gasteiger partial charge in [-0.05, 0) is 24.6 Å². The zero-order chi connectivity index (χ0) is 21.4. The highest BCUT2D eigenvalue weighted by Gasteiger charge is 2.21.